The zero-order chi connectivity index (χ0) is 25.5. The predicted octanol–water partition coefficient (Wildman–Crippen LogP) is 3.91. The molecule has 0 bridgehead atoms. The molecular weight excluding hydrogens is 472 g/mol. The fourth-order valence-electron chi connectivity index (χ4n) is 4.98. The van der Waals surface area contributed by atoms with Crippen molar-refractivity contribution in [2.24, 2.45) is 7.05 Å². The minimum absolute atomic E-state index is 0.0961. The minimum Gasteiger partial charge on any atom is -0.388 e. The maximum atomic E-state index is 11.9. The number of sulfone groups is 1. The smallest absolute Gasteiger partial charge is 0.152 e. The van der Waals surface area contributed by atoms with E-state index in [2.05, 4.69) is 76.3 Å². The third-order valence-corrected chi connectivity index (χ3v) is 8.99. The average Bonchev–Trinajstić information content (AvgIpc) is 3.45. The molecule has 1 N–H and O–H groups in total. The molecule has 5 rings (SSSR count). The molecule has 0 spiro atoms. The van der Waals surface area contributed by atoms with Crippen molar-refractivity contribution in [1.82, 2.24) is 24.2 Å². The minimum atomic E-state index is -2.89. The highest BCUT2D eigenvalue weighted by atomic mass is 32.2. The van der Waals surface area contributed by atoms with Gasteiger partial charge in [0.05, 0.1) is 29.1 Å². The van der Waals surface area contributed by atoms with E-state index in [0.29, 0.717) is 13.1 Å². The summed E-state index contributed by atoms with van der Waals surface area (Å²) in [6.07, 6.45) is 7.83. The summed E-state index contributed by atoms with van der Waals surface area (Å²) in [4.78, 5) is 7.40. The number of benzene rings is 1. The lowest BCUT2D eigenvalue weighted by molar-refractivity contribution is 0.123. The third-order valence-electron chi connectivity index (χ3n) is 7.38. The Labute approximate surface area is 212 Å². The second-order valence-electron chi connectivity index (χ2n) is 10.2. The van der Waals surface area contributed by atoms with E-state index in [-0.39, 0.29) is 17.0 Å². The van der Waals surface area contributed by atoms with Crippen molar-refractivity contribution in [3.05, 3.63) is 60.6 Å². The number of hydrogen-bond acceptors (Lipinski definition) is 6. The molecule has 0 amide bonds. The summed E-state index contributed by atoms with van der Waals surface area (Å²) in [5, 5.41) is 8.66. The van der Waals surface area contributed by atoms with E-state index >= 15 is 0 Å². The lowest BCUT2D eigenvalue weighted by Gasteiger charge is -2.41. The summed E-state index contributed by atoms with van der Waals surface area (Å²) < 4.78 is 27.7. The van der Waals surface area contributed by atoms with Crippen molar-refractivity contribution < 1.29 is 8.42 Å². The summed E-state index contributed by atoms with van der Waals surface area (Å²) in [7, 11) is 0.936. The fourth-order valence-corrected chi connectivity index (χ4v) is 6.18. The van der Waals surface area contributed by atoms with Crippen molar-refractivity contribution in [3.8, 4) is 16.9 Å². The standard InChI is InChI=1S/C27H34N6O2S/c1-27(2,32-13-15-36(34,35)16-14-32)12-11-21-18-33(23-17-29-31(4)19-23)26-24(21)9-10-25(30-26)20-5-7-22(28-3)8-6-20/h5-10,17-19,28H,11-16H2,1-4H3. The Morgan fingerprint density at radius 1 is 1.03 bits per heavy atom. The van der Waals surface area contributed by atoms with Crippen molar-refractivity contribution in [3.63, 3.8) is 0 Å². The van der Waals surface area contributed by atoms with Crippen LogP contribution < -0.4 is 5.32 Å². The number of aromatic nitrogens is 4. The third kappa shape index (κ3) is 4.90. The van der Waals surface area contributed by atoms with E-state index in [1.54, 1.807) is 4.68 Å². The first-order valence-electron chi connectivity index (χ1n) is 12.4. The lowest BCUT2D eigenvalue weighted by Crippen LogP contribution is -2.51. The van der Waals surface area contributed by atoms with Crippen LogP contribution in [-0.2, 0) is 23.3 Å². The van der Waals surface area contributed by atoms with Crippen LogP contribution in [0.4, 0.5) is 5.69 Å². The molecule has 36 heavy (non-hydrogen) atoms. The molecule has 0 saturated carbocycles. The van der Waals surface area contributed by atoms with Gasteiger partial charge in [-0.05, 0) is 56.5 Å². The van der Waals surface area contributed by atoms with Crippen LogP contribution in [0.15, 0.2) is 55.0 Å². The van der Waals surface area contributed by atoms with Gasteiger partial charge in [-0.1, -0.05) is 12.1 Å². The summed E-state index contributed by atoms with van der Waals surface area (Å²) in [5.74, 6) is 0.497. The number of pyridine rings is 1. The van der Waals surface area contributed by atoms with Crippen molar-refractivity contribution in [1.29, 1.82) is 0 Å². The SMILES string of the molecule is CNc1ccc(-c2ccc3c(CCC(C)(C)N4CCS(=O)(=O)CC4)cn(-c4cnn(C)c4)c3n2)cc1. The van der Waals surface area contributed by atoms with Crippen LogP contribution in [0.5, 0.6) is 0 Å². The highest BCUT2D eigenvalue weighted by molar-refractivity contribution is 7.91. The number of anilines is 1. The Bertz CT molecular complexity index is 1470. The average molecular weight is 507 g/mol. The van der Waals surface area contributed by atoms with E-state index in [1.165, 1.54) is 5.56 Å². The highest BCUT2D eigenvalue weighted by Gasteiger charge is 2.32. The predicted molar refractivity (Wildman–Crippen MR) is 145 cm³/mol. The van der Waals surface area contributed by atoms with Gasteiger partial charge in [0.1, 0.15) is 5.65 Å². The topological polar surface area (TPSA) is 85.0 Å². The van der Waals surface area contributed by atoms with Crippen LogP contribution in [0.1, 0.15) is 25.8 Å². The molecule has 0 radical (unpaired) electrons. The molecule has 0 atom stereocenters. The van der Waals surface area contributed by atoms with E-state index < -0.39 is 9.84 Å². The number of rotatable bonds is 7. The van der Waals surface area contributed by atoms with Gasteiger partial charge < -0.3 is 5.32 Å². The van der Waals surface area contributed by atoms with E-state index in [1.807, 2.05) is 26.5 Å². The van der Waals surface area contributed by atoms with Crippen molar-refractivity contribution in [2.75, 3.05) is 37.0 Å². The largest absolute Gasteiger partial charge is 0.388 e. The first-order chi connectivity index (χ1) is 17.1. The Hall–Kier alpha value is -3.17. The first kappa shape index (κ1) is 24.5. The van der Waals surface area contributed by atoms with Gasteiger partial charge in [0, 0.05) is 61.8 Å². The number of nitrogens with zero attached hydrogens (tertiary/aromatic N) is 5. The van der Waals surface area contributed by atoms with Gasteiger partial charge in [-0.3, -0.25) is 14.1 Å². The Balaban J connectivity index is 1.47. The summed E-state index contributed by atoms with van der Waals surface area (Å²) >= 11 is 0. The van der Waals surface area contributed by atoms with Gasteiger partial charge in [-0.15, -0.1) is 0 Å². The van der Waals surface area contributed by atoms with Crippen LogP contribution in [-0.4, -0.2) is 69.8 Å². The van der Waals surface area contributed by atoms with Gasteiger partial charge in [0.15, 0.2) is 9.84 Å². The molecule has 0 unspecified atom stereocenters. The normalized spacial score (nSPS) is 16.4. The molecule has 0 aliphatic carbocycles. The molecule has 1 saturated heterocycles. The number of nitrogens with one attached hydrogen (secondary N) is 1. The molecule has 1 aromatic carbocycles. The van der Waals surface area contributed by atoms with Gasteiger partial charge in [-0.2, -0.15) is 5.10 Å². The number of fused-ring (bicyclic) bond motifs is 1. The van der Waals surface area contributed by atoms with Gasteiger partial charge in [-0.25, -0.2) is 13.4 Å². The van der Waals surface area contributed by atoms with Gasteiger partial charge in [0.2, 0.25) is 0 Å². The Morgan fingerprint density at radius 3 is 2.39 bits per heavy atom. The first-order valence-corrected chi connectivity index (χ1v) is 14.2. The fraction of sp³-hybridized carbons (Fsp3) is 0.407. The molecule has 1 aliphatic heterocycles. The quantitative estimate of drug-likeness (QED) is 0.409. The van der Waals surface area contributed by atoms with Gasteiger partial charge >= 0.3 is 0 Å². The Kier molecular flexibility index (Phi) is 6.38. The highest BCUT2D eigenvalue weighted by Crippen LogP contribution is 2.31. The zero-order valence-corrected chi connectivity index (χ0v) is 22.2. The van der Waals surface area contributed by atoms with Crippen LogP contribution in [0.25, 0.3) is 28.0 Å². The molecule has 1 aliphatic rings. The summed E-state index contributed by atoms with van der Waals surface area (Å²) in [6, 6.07) is 12.5. The second kappa shape index (κ2) is 9.37. The molecule has 4 heterocycles. The Morgan fingerprint density at radius 2 is 1.75 bits per heavy atom. The molecule has 8 nitrogen and oxygen atoms in total. The number of hydrogen-bond donors (Lipinski definition) is 1. The molecule has 9 heteroatoms. The van der Waals surface area contributed by atoms with Crippen LogP contribution >= 0.6 is 0 Å². The monoisotopic (exact) mass is 506 g/mol. The summed E-state index contributed by atoms with van der Waals surface area (Å²) in [5.41, 5.74) is 6.08. The number of aryl methyl sites for hydroxylation is 2. The van der Waals surface area contributed by atoms with E-state index in [4.69, 9.17) is 4.98 Å². The second-order valence-corrected chi connectivity index (χ2v) is 12.5. The van der Waals surface area contributed by atoms with E-state index in [9.17, 15) is 8.42 Å². The molecule has 190 valence electrons. The lowest BCUT2D eigenvalue weighted by atomic mass is 9.93. The van der Waals surface area contributed by atoms with Gasteiger partial charge in [0.25, 0.3) is 0 Å². The van der Waals surface area contributed by atoms with E-state index in [0.717, 1.165) is 46.5 Å². The zero-order valence-electron chi connectivity index (χ0n) is 21.4. The molecule has 4 aromatic rings. The summed E-state index contributed by atoms with van der Waals surface area (Å²) in [6.45, 7) is 5.64. The van der Waals surface area contributed by atoms with Crippen molar-refractivity contribution >= 4 is 26.6 Å². The molecule has 1 fully saturated rings. The van der Waals surface area contributed by atoms with Crippen LogP contribution in [0, 0.1) is 0 Å². The van der Waals surface area contributed by atoms with Crippen LogP contribution in [0.3, 0.4) is 0 Å². The van der Waals surface area contributed by atoms with Crippen LogP contribution in [0.2, 0.25) is 0 Å². The maximum Gasteiger partial charge on any atom is 0.152 e. The molecule has 3 aromatic heterocycles. The maximum absolute atomic E-state index is 11.9. The molecular formula is C27H34N6O2S. The van der Waals surface area contributed by atoms with Crippen molar-refractivity contribution in [2.45, 2.75) is 32.2 Å².